The van der Waals surface area contributed by atoms with Gasteiger partial charge in [0, 0.05) is 30.5 Å². The molecule has 2 rings (SSSR count). The SMILES string of the molecule is CCCNCc1ccn(Cc2nccs2)c1. The second-order valence-electron chi connectivity index (χ2n) is 3.79. The molecule has 0 radical (unpaired) electrons. The van der Waals surface area contributed by atoms with Crippen molar-refractivity contribution in [3.63, 3.8) is 0 Å². The van der Waals surface area contributed by atoms with Crippen LogP contribution in [0.15, 0.2) is 30.0 Å². The Kier molecular flexibility index (Phi) is 4.13. The first-order valence-corrected chi connectivity index (χ1v) is 6.50. The molecule has 86 valence electrons. The van der Waals surface area contributed by atoms with Crippen molar-refractivity contribution in [1.29, 1.82) is 0 Å². The Morgan fingerprint density at radius 1 is 1.50 bits per heavy atom. The first kappa shape index (κ1) is 11.4. The zero-order chi connectivity index (χ0) is 11.2. The van der Waals surface area contributed by atoms with Crippen molar-refractivity contribution in [2.24, 2.45) is 0 Å². The van der Waals surface area contributed by atoms with Gasteiger partial charge in [-0.3, -0.25) is 0 Å². The van der Waals surface area contributed by atoms with E-state index < -0.39 is 0 Å². The third-order valence-electron chi connectivity index (χ3n) is 2.37. The number of hydrogen-bond acceptors (Lipinski definition) is 3. The molecule has 2 aromatic heterocycles. The lowest BCUT2D eigenvalue weighted by molar-refractivity contribution is 0.673. The Bertz CT molecular complexity index is 406. The van der Waals surface area contributed by atoms with Crippen molar-refractivity contribution >= 4 is 11.3 Å². The standard InChI is InChI=1S/C12H17N3S/c1-2-4-13-8-11-3-6-15(9-11)10-12-14-5-7-16-12/h3,5-7,9,13H,2,4,8,10H2,1H3. The fourth-order valence-corrected chi connectivity index (χ4v) is 2.21. The molecule has 16 heavy (non-hydrogen) atoms. The van der Waals surface area contributed by atoms with Gasteiger partial charge in [0.2, 0.25) is 0 Å². The van der Waals surface area contributed by atoms with E-state index in [0.717, 1.165) is 24.6 Å². The molecule has 0 saturated carbocycles. The van der Waals surface area contributed by atoms with Crippen molar-refractivity contribution < 1.29 is 0 Å². The number of nitrogens with zero attached hydrogens (tertiary/aromatic N) is 2. The lowest BCUT2D eigenvalue weighted by Gasteiger charge is -2.00. The molecule has 0 saturated heterocycles. The summed E-state index contributed by atoms with van der Waals surface area (Å²) in [5, 5.41) is 6.57. The van der Waals surface area contributed by atoms with E-state index in [9.17, 15) is 0 Å². The quantitative estimate of drug-likeness (QED) is 0.780. The molecule has 0 bridgehead atoms. The summed E-state index contributed by atoms with van der Waals surface area (Å²) in [7, 11) is 0. The molecule has 1 N–H and O–H groups in total. The van der Waals surface area contributed by atoms with E-state index >= 15 is 0 Å². The zero-order valence-electron chi connectivity index (χ0n) is 9.52. The minimum Gasteiger partial charge on any atom is -0.347 e. The van der Waals surface area contributed by atoms with Crippen LogP contribution in [0.4, 0.5) is 0 Å². The highest BCUT2D eigenvalue weighted by atomic mass is 32.1. The van der Waals surface area contributed by atoms with E-state index in [4.69, 9.17) is 0 Å². The minimum atomic E-state index is 0.880. The van der Waals surface area contributed by atoms with E-state index in [-0.39, 0.29) is 0 Å². The maximum atomic E-state index is 4.28. The minimum absolute atomic E-state index is 0.880. The molecular formula is C12H17N3S. The molecule has 0 fully saturated rings. The van der Waals surface area contributed by atoms with Gasteiger partial charge in [-0.05, 0) is 24.6 Å². The van der Waals surface area contributed by atoms with Crippen LogP contribution in [0.25, 0.3) is 0 Å². The van der Waals surface area contributed by atoms with E-state index in [1.165, 1.54) is 12.0 Å². The van der Waals surface area contributed by atoms with Crippen LogP contribution >= 0.6 is 11.3 Å². The molecular weight excluding hydrogens is 218 g/mol. The largest absolute Gasteiger partial charge is 0.347 e. The zero-order valence-corrected chi connectivity index (χ0v) is 10.3. The van der Waals surface area contributed by atoms with Crippen LogP contribution in [-0.2, 0) is 13.1 Å². The lowest BCUT2D eigenvalue weighted by atomic mass is 10.3. The summed E-state index contributed by atoms with van der Waals surface area (Å²) in [6.07, 6.45) is 7.33. The van der Waals surface area contributed by atoms with E-state index in [0.29, 0.717) is 0 Å². The monoisotopic (exact) mass is 235 g/mol. The Morgan fingerprint density at radius 3 is 3.19 bits per heavy atom. The smallest absolute Gasteiger partial charge is 0.112 e. The maximum Gasteiger partial charge on any atom is 0.112 e. The summed E-state index contributed by atoms with van der Waals surface area (Å²) >= 11 is 1.70. The number of thiazole rings is 1. The summed E-state index contributed by atoms with van der Waals surface area (Å²) in [6.45, 7) is 5.10. The van der Waals surface area contributed by atoms with E-state index in [2.05, 4.69) is 40.3 Å². The number of aromatic nitrogens is 2. The van der Waals surface area contributed by atoms with E-state index in [1.807, 2.05) is 11.6 Å². The second-order valence-corrected chi connectivity index (χ2v) is 4.77. The van der Waals surface area contributed by atoms with Crippen LogP contribution in [0.2, 0.25) is 0 Å². The highest BCUT2D eigenvalue weighted by molar-refractivity contribution is 7.09. The van der Waals surface area contributed by atoms with Crippen LogP contribution in [0.3, 0.4) is 0 Å². The molecule has 0 atom stereocenters. The molecule has 0 aliphatic carbocycles. The highest BCUT2D eigenvalue weighted by Gasteiger charge is 1.99. The van der Waals surface area contributed by atoms with Crippen LogP contribution in [0.5, 0.6) is 0 Å². The average molecular weight is 235 g/mol. The van der Waals surface area contributed by atoms with Crippen molar-refractivity contribution in [2.45, 2.75) is 26.4 Å². The third-order valence-corrected chi connectivity index (χ3v) is 3.13. The Labute approximate surface area is 100 Å². The fraction of sp³-hybridized carbons (Fsp3) is 0.417. The summed E-state index contributed by atoms with van der Waals surface area (Å²) in [5.74, 6) is 0. The number of nitrogens with one attached hydrogen (secondary N) is 1. The third kappa shape index (κ3) is 3.18. The summed E-state index contributed by atoms with van der Waals surface area (Å²) in [5.41, 5.74) is 1.34. The Morgan fingerprint density at radius 2 is 2.44 bits per heavy atom. The topological polar surface area (TPSA) is 29.9 Å². The Hall–Kier alpha value is -1.13. The van der Waals surface area contributed by atoms with Gasteiger partial charge in [-0.2, -0.15) is 0 Å². The first-order valence-electron chi connectivity index (χ1n) is 5.62. The van der Waals surface area contributed by atoms with Crippen LogP contribution < -0.4 is 5.32 Å². The summed E-state index contributed by atoms with van der Waals surface area (Å²) in [6, 6.07) is 2.16. The van der Waals surface area contributed by atoms with Crippen molar-refractivity contribution in [2.75, 3.05) is 6.54 Å². The number of hydrogen-bond donors (Lipinski definition) is 1. The summed E-state index contributed by atoms with van der Waals surface area (Å²) < 4.78 is 2.18. The molecule has 0 aliphatic rings. The van der Waals surface area contributed by atoms with Crippen molar-refractivity contribution in [3.8, 4) is 0 Å². The van der Waals surface area contributed by atoms with Gasteiger partial charge in [0.25, 0.3) is 0 Å². The summed E-state index contributed by atoms with van der Waals surface area (Å²) in [4.78, 5) is 4.28. The first-order chi connectivity index (χ1) is 7.88. The van der Waals surface area contributed by atoms with Crippen LogP contribution in [0, 0.1) is 0 Å². The second kappa shape index (κ2) is 5.82. The maximum absolute atomic E-state index is 4.28. The fourth-order valence-electron chi connectivity index (χ4n) is 1.59. The van der Waals surface area contributed by atoms with Gasteiger partial charge in [-0.1, -0.05) is 6.92 Å². The molecule has 3 nitrogen and oxygen atoms in total. The van der Waals surface area contributed by atoms with E-state index in [1.54, 1.807) is 11.3 Å². The Balaban J connectivity index is 1.87. The highest BCUT2D eigenvalue weighted by Crippen LogP contribution is 2.08. The molecule has 2 heterocycles. The lowest BCUT2D eigenvalue weighted by Crippen LogP contribution is -2.13. The average Bonchev–Trinajstić information content (AvgIpc) is 2.91. The molecule has 0 spiro atoms. The molecule has 0 aromatic carbocycles. The van der Waals surface area contributed by atoms with Gasteiger partial charge < -0.3 is 9.88 Å². The number of rotatable bonds is 6. The molecule has 4 heteroatoms. The van der Waals surface area contributed by atoms with Gasteiger partial charge in [-0.25, -0.2) is 4.98 Å². The van der Waals surface area contributed by atoms with Crippen molar-refractivity contribution in [3.05, 3.63) is 40.6 Å². The van der Waals surface area contributed by atoms with Crippen LogP contribution in [-0.4, -0.2) is 16.1 Å². The normalized spacial score (nSPS) is 10.8. The van der Waals surface area contributed by atoms with Gasteiger partial charge >= 0.3 is 0 Å². The van der Waals surface area contributed by atoms with Gasteiger partial charge in [0.15, 0.2) is 0 Å². The predicted octanol–water partition coefficient (Wildman–Crippen LogP) is 2.49. The van der Waals surface area contributed by atoms with Crippen molar-refractivity contribution in [1.82, 2.24) is 14.9 Å². The van der Waals surface area contributed by atoms with Crippen LogP contribution in [0.1, 0.15) is 23.9 Å². The predicted molar refractivity (Wildman–Crippen MR) is 67.6 cm³/mol. The van der Waals surface area contributed by atoms with Gasteiger partial charge in [0.05, 0.1) is 6.54 Å². The molecule has 2 aromatic rings. The molecule has 0 aliphatic heterocycles. The molecule has 0 unspecified atom stereocenters. The molecule has 0 amide bonds. The van der Waals surface area contributed by atoms with Gasteiger partial charge in [-0.15, -0.1) is 11.3 Å². The van der Waals surface area contributed by atoms with Gasteiger partial charge in [0.1, 0.15) is 5.01 Å².